The molecule has 1 rings (SSSR count). The summed E-state index contributed by atoms with van der Waals surface area (Å²) in [5.41, 5.74) is -0.975. The Hall–Kier alpha value is -1.14. The third-order valence-electron chi connectivity index (χ3n) is 2.56. The topological polar surface area (TPSA) is 40.5 Å². The van der Waals surface area contributed by atoms with Crippen molar-refractivity contribution in [3.63, 3.8) is 0 Å². The molecular weight excluding hydrogens is 284 g/mol. The minimum Gasteiger partial charge on any atom is -0.389 e. The van der Waals surface area contributed by atoms with Crippen LogP contribution in [0, 0.1) is 11.6 Å². The van der Waals surface area contributed by atoms with E-state index in [1.165, 1.54) is 11.0 Å². The molecule has 0 unspecified atom stereocenters. The van der Waals surface area contributed by atoms with Gasteiger partial charge in [0.2, 0.25) is 5.91 Å². The molecule has 112 valence electrons. The Morgan fingerprint density at radius 3 is 2.55 bits per heavy atom. The molecule has 20 heavy (non-hydrogen) atoms. The summed E-state index contributed by atoms with van der Waals surface area (Å²) < 4.78 is 26.2. The molecule has 0 fully saturated rings. The van der Waals surface area contributed by atoms with Gasteiger partial charge in [-0.05, 0) is 32.9 Å². The highest BCUT2D eigenvalue weighted by atomic mass is 32.2. The smallest absolute Gasteiger partial charge is 0.233 e. The molecule has 0 saturated carbocycles. The summed E-state index contributed by atoms with van der Waals surface area (Å²) in [6.45, 7) is 5.74. The van der Waals surface area contributed by atoms with E-state index in [1.54, 1.807) is 13.8 Å². The van der Waals surface area contributed by atoms with E-state index in [9.17, 15) is 18.7 Å². The Bertz CT molecular complexity index is 475. The summed E-state index contributed by atoms with van der Waals surface area (Å²) in [5, 5.41) is 9.73. The number of hydrogen-bond acceptors (Lipinski definition) is 3. The Balaban J connectivity index is 2.61. The minimum atomic E-state index is -0.975. The molecule has 0 radical (unpaired) electrons. The fourth-order valence-electron chi connectivity index (χ4n) is 1.67. The molecule has 0 aliphatic heterocycles. The van der Waals surface area contributed by atoms with Crippen molar-refractivity contribution in [2.45, 2.75) is 31.3 Å². The van der Waals surface area contributed by atoms with E-state index < -0.39 is 17.2 Å². The van der Waals surface area contributed by atoms with Crippen LogP contribution in [0.1, 0.15) is 20.8 Å². The number of thioether (sulfide) groups is 1. The van der Waals surface area contributed by atoms with E-state index in [4.69, 9.17) is 0 Å². The van der Waals surface area contributed by atoms with Gasteiger partial charge in [-0.3, -0.25) is 4.79 Å². The Labute approximate surface area is 122 Å². The number of amides is 1. The molecule has 0 atom stereocenters. The first-order valence-electron chi connectivity index (χ1n) is 6.31. The van der Waals surface area contributed by atoms with Crippen molar-refractivity contribution < 1.29 is 18.7 Å². The van der Waals surface area contributed by atoms with Gasteiger partial charge in [-0.2, -0.15) is 0 Å². The van der Waals surface area contributed by atoms with Crippen molar-refractivity contribution in [3.05, 3.63) is 29.8 Å². The molecule has 6 heteroatoms. The number of hydrogen-bond donors (Lipinski definition) is 1. The largest absolute Gasteiger partial charge is 0.389 e. The summed E-state index contributed by atoms with van der Waals surface area (Å²) in [6.07, 6.45) is 0. The molecule has 0 aliphatic carbocycles. The zero-order chi connectivity index (χ0) is 15.3. The normalized spacial score (nSPS) is 11.5. The van der Waals surface area contributed by atoms with E-state index in [1.807, 2.05) is 6.92 Å². The van der Waals surface area contributed by atoms with E-state index in [-0.39, 0.29) is 23.1 Å². The first-order valence-corrected chi connectivity index (χ1v) is 7.29. The van der Waals surface area contributed by atoms with Gasteiger partial charge in [-0.1, -0.05) is 0 Å². The molecule has 0 aliphatic rings. The van der Waals surface area contributed by atoms with Crippen LogP contribution in [0.15, 0.2) is 23.1 Å². The number of nitrogens with zero attached hydrogens (tertiary/aromatic N) is 1. The minimum absolute atomic E-state index is 0.0481. The molecule has 0 aromatic heterocycles. The lowest BCUT2D eigenvalue weighted by Gasteiger charge is -2.28. The molecular formula is C14H19F2NO2S. The van der Waals surface area contributed by atoms with Gasteiger partial charge in [-0.15, -0.1) is 11.8 Å². The second kappa shape index (κ2) is 7.04. The molecule has 0 saturated heterocycles. The first kappa shape index (κ1) is 16.9. The van der Waals surface area contributed by atoms with E-state index in [0.29, 0.717) is 6.54 Å². The molecule has 1 aromatic carbocycles. The summed E-state index contributed by atoms with van der Waals surface area (Å²) in [7, 11) is 0. The van der Waals surface area contributed by atoms with Gasteiger partial charge in [0, 0.05) is 24.1 Å². The zero-order valence-electron chi connectivity index (χ0n) is 11.8. The zero-order valence-corrected chi connectivity index (χ0v) is 12.6. The van der Waals surface area contributed by atoms with Crippen LogP contribution in [0.5, 0.6) is 0 Å². The lowest BCUT2D eigenvalue weighted by atomic mass is 10.1. The fraction of sp³-hybridized carbons (Fsp3) is 0.500. The quantitative estimate of drug-likeness (QED) is 0.821. The Morgan fingerprint density at radius 2 is 2.05 bits per heavy atom. The average molecular weight is 303 g/mol. The monoisotopic (exact) mass is 303 g/mol. The van der Waals surface area contributed by atoms with E-state index in [0.717, 1.165) is 23.9 Å². The second-order valence-corrected chi connectivity index (χ2v) is 6.10. The highest BCUT2D eigenvalue weighted by molar-refractivity contribution is 8.00. The number of benzene rings is 1. The van der Waals surface area contributed by atoms with Gasteiger partial charge in [0.1, 0.15) is 11.6 Å². The molecule has 0 spiro atoms. The van der Waals surface area contributed by atoms with Crippen molar-refractivity contribution >= 4 is 17.7 Å². The highest BCUT2D eigenvalue weighted by Gasteiger charge is 2.21. The maximum atomic E-state index is 13.4. The second-order valence-electron chi connectivity index (χ2n) is 5.08. The van der Waals surface area contributed by atoms with Crippen LogP contribution < -0.4 is 0 Å². The maximum absolute atomic E-state index is 13.4. The summed E-state index contributed by atoms with van der Waals surface area (Å²) >= 11 is 1.02. The summed E-state index contributed by atoms with van der Waals surface area (Å²) in [5.74, 6) is -1.46. The van der Waals surface area contributed by atoms with Crippen LogP contribution in [0.4, 0.5) is 8.78 Å². The summed E-state index contributed by atoms with van der Waals surface area (Å²) in [6, 6.07) is 3.26. The van der Waals surface area contributed by atoms with Gasteiger partial charge in [-0.25, -0.2) is 8.78 Å². The molecule has 1 aromatic rings. The van der Waals surface area contributed by atoms with Crippen molar-refractivity contribution in [2.24, 2.45) is 0 Å². The standard InChI is InChI=1S/C14H19F2NO2S/c1-4-17(9-14(2,3)19)13(18)8-20-12-6-5-10(15)7-11(12)16/h5-7,19H,4,8-9H2,1-3H3. The summed E-state index contributed by atoms with van der Waals surface area (Å²) in [4.78, 5) is 13.7. The number of rotatable bonds is 6. The van der Waals surface area contributed by atoms with Crippen molar-refractivity contribution in [1.82, 2.24) is 4.90 Å². The number of likely N-dealkylation sites (N-methyl/N-ethyl adjacent to an activating group) is 1. The Morgan fingerprint density at radius 1 is 1.40 bits per heavy atom. The molecule has 0 heterocycles. The van der Waals surface area contributed by atoms with Crippen molar-refractivity contribution in [1.29, 1.82) is 0 Å². The van der Waals surface area contributed by atoms with Gasteiger partial charge >= 0.3 is 0 Å². The Kier molecular flexibility index (Phi) is 5.95. The van der Waals surface area contributed by atoms with Gasteiger partial charge in [0.05, 0.1) is 11.4 Å². The SMILES string of the molecule is CCN(CC(C)(C)O)C(=O)CSc1ccc(F)cc1F. The molecule has 1 N–H and O–H groups in total. The lowest BCUT2D eigenvalue weighted by Crippen LogP contribution is -2.42. The maximum Gasteiger partial charge on any atom is 0.233 e. The van der Waals surface area contributed by atoms with Crippen LogP contribution in [0.25, 0.3) is 0 Å². The molecule has 3 nitrogen and oxygen atoms in total. The molecule has 0 bridgehead atoms. The van der Waals surface area contributed by atoms with Crippen LogP contribution >= 0.6 is 11.8 Å². The predicted molar refractivity (Wildman–Crippen MR) is 75.6 cm³/mol. The van der Waals surface area contributed by atoms with Crippen LogP contribution in [0.3, 0.4) is 0 Å². The van der Waals surface area contributed by atoms with E-state index >= 15 is 0 Å². The van der Waals surface area contributed by atoms with Gasteiger partial charge < -0.3 is 10.0 Å². The van der Waals surface area contributed by atoms with Gasteiger partial charge in [0.15, 0.2) is 0 Å². The fourth-order valence-corrected chi connectivity index (χ4v) is 2.49. The van der Waals surface area contributed by atoms with Gasteiger partial charge in [0.25, 0.3) is 0 Å². The number of aliphatic hydroxyl groups is 1. The van der Waals surface area contributed by atoms with Crippen molar-refractivity contribution in [2.75, 3.05) is 18.8 Å². The third-order valence-corrected chi connectivity index (χ3v) is 3.59. The lowest BCUT2D eigenvalue weighted by molar-refractivity contribution is -0.131. The number of carbonyl (C=O) groups excluding carboxylic acids is 1. The first-order chi connectivity index (χ1) is 9.23. The van der Waals surface area contributed by atoms with E-state index in [2.05, 4.69) is 0 Å². The highest BCUT2D eigenvalue weighted by Crippen LogP contribution is 2.22. The number of carbonyl (C=O) groups is 1. The average Bonchev–Trinajstić information content (AvgIpc) is 2.33. The van der Waals surface area contributed by atoms with Crippen LogP contribution in [-0.4, -0.2) is 40.4 Å². The number of halogens is 2. The van der Waals surface area contributed by atoms with Crippen molar-refractivity contribution in [3.8, 4) is 0 Å². The van der Waals surface area contributed by atoms with Crippen LogP contribution in [0.2, 0.25) is 0 Å². The molecule has 1 amide bonds. The third kappa shape index (κ3) is 5.46. The van der Waals surface area contributed by atoms with Crippen LogP contribution in [-0.2, 0) is 4.79 Å². The predicted octanol–water partition coefficient (Wildman–Crippen LogP) is 2.68.